The van der Waals surface area contributed by atoms with Gasteiger partial charge in [0.15, 0.2) is 17.3 Å². The van der Waals surface area contributed by atoms with E-state index in [1.807, 2.05) is 13.0 Å². The summed E-state index contributed by atoms with van der Waals surface area (Å²) in [6.45, 7) is 9.77. The lowest BCUT2D eigenvalue weighted by Gasteiger charge is -2.45. The summed E-state index contributed by atoms with van der Waals surface area (Å²) < 4.78 is 28.6. The van der Waals surface area contributed by atoms with Crippen LogP contribution in [0.15, 0.2) is 42.5 Å². The molecule has 1 aliphatic heterocycles. The Bertz CT molecular complexity index is 1340. The monoisotopic (exact) mass is 720 g/mol. The zero-order chi connectivity index (χ0) is 35.9. The summed E-state index contributed by atoms with van der Waals surface area (Å²) in [5, 5.41) is 11.1. The second kappa shape index (κ2) is 21.0. The number of amides is 2. The predicted octanol–water partition coefficient (Wildman–Crippen LogP) is 5.41. The summed E-state index contributed by atoms with van der Waals surface area (Å²) in [6, 6.07) is 13.0. The third kappa shape index (κ3) is 12.9. The van der Waals surface area contributed by atoms with Gasteiger partial charge in [0.05, 0.1) is 12.7 Å². The molecule has 49 heavy (non-hydrogen) atoms. The second-order valence-electron chi connectivity index (χ2n) is 13.2. The minimum atomic E-state index is -1.75. The van der Waals surface area contributed by atoms with E-state index in [1.54, 1.807) is 43.1 Å². The summed E-state index contributed by atoms with van der Waals surface area (Å²) in [7, 11) is 5.44. The van der Waals surface area contributed by atoms with Crippen molar-refractivity contribution in [2.45, 2.75) is 83.8 Å². The highest BCUT2D eigenvalue weighted by Gasteiger charge is 2.38. The zero-order valence-corrected chi connectivity index (χ0v) is 31.7. The van der Waals surface area contributed by atoms with E-state index >= 15 is 0 Å². The first kappa shape index (κ1) is 40.9. The van der Waals surface area contributed by atoms with E-state index < -0.39 is 23.2 Å². The summed E-state index contributed by atoms with van der Waals surface area (Å²) >= 11 is 4.65. The number of aryl methyl sites for hydroxylation is 1. The third-order valence-corrected chi connectivity index (χ3v) is 10.6. The number of halogens is 1. The molecule has 2 fully saturated rings. The summed E-state index contributed by atoms with van der Waals surface area (Å²) in [5.74, 6) is 1.50. The van der Waals surface area contributed by atoms with Crippen molar-refractivity contribution in [1.29, 1.82) is 0 Å². The van der Waals surface area contributed by atoms with Gasteiger partial charge < -0.3 is 24.4 Å². The van der Waals surface area contributed by atoms with Crippen LogP contribution in [-0.2, 0) is 31.9 Å². The Labute approximate surface area is 301 Å². The second-order valence-corrected chi connectivity index (χ2v) is 14.8. The molecule has 274 valence electrons. The maximum absolute atomic E-state index is 12.1. The molecule has 12 heteroatoms. The molecule has 2 aromatic carbocycles. The molecule has 1 heterocycles. The number of carbonyl (C=O) groups is 2. The predicted molar refractivity (Wildman–Crippen MR) is 197 cm³/mol. The number of likely N-dealkylation sites (N-methyl/N-ethyl adjacent to an activating group) is 1. The maximum Gasteiger partial charge on any atom is 0.266 e. The highest BCUT2D eigenvalue weighted by Crippen LogP contribution is 2.41. The van der Waals surface area contributed by atoms with Gasteiger partial charge in [-0.3, -0.25) is 14.3 Å². The van der Waals surface area contributed by atoms with Crippen molar-refractivity contribution in [2.24, 2.45) is 11.8 Å². The first-order chi connectivity index (χ1) is 23.5. The van der Waals surface area contributed by atoms with Crippen molar-refractivity contribution in [2.75, 3.05) is 54.0 Å². The molecule has 1 saturated carbocycles. The van der Waals surface area contributed by atoms with Gasteiger partial charge in [-0.2, -0.15) is 0 Å². The summed E-state index contributed by atoms with van der Waals surface area (Å²) in [5.41, 5.74) is 2.91. The lowest BCUT2D eigenvalue weighted by atomic mass is 9.69. The number of hydrogen-bond acceptors (Lipinski definition) is 7. The maximum atomic E-state index is 12.1. The SMILES string of the molecule is CCCc1cc(Cl)ccc1C(COc1ccc(C(O)C(=O)NS(=O)NC)cc1)CN(C)CC1CCC1C1CCCCO1.CCN(C)C(C)=O. The van der Waals surface area contributed by atoms with Crippen LogP contribution in [-0.4, -0.2) is 91.0 Å². The number of aliphatic hydroxyl groups is 1. The van der Waals surface area contributed by atoms with Gasteiger partial charge in [0.1, 0.15) is 5.75 Å². The smallest absolute Gasteiger partial charge is 0.266 e. The van der Waals surface area contributed by atoms with Crippen LogP contribution in [0.4, 0.5) is 0 Å². The molecule has 2 amide bonds. The van der Waals surface area contributed by atoms with E-state index in [2.05, 4.69) is 40.4 Å². The molecule has 0 radical (unpaired) electrons. The molecular formula is C37H57ClN4O6S. The third-order valence-electron chi connectivity index (χ3n) is 9.60. The van der Waals surface area contributed by atoms with Crippen molar-refractivity contribution in [1.82, 2.24) is 19.2 Å². The molecule has 1 saturated heterocycles. The van der Waals surface area contributed by atoms with Crippen LogP contribution in [0, 0.1) is 11.8 Å². The fourth-order valence-electron chi connectivity index (χ4n) is 6.48. The van der Waals surface area contributed by atoms with Gasteiger partial charge in [0, 0.05) is 51.2 Å². The van der Waals surface area contributed by atoms with Gasteiger partial charge >= 0.3 is 0 Å². The number of hydrogen-bond donors (Lipinski definition) is 3. The molecule has 0 bridgehead atoms. The lowest BCUT2D eigenvalue weighted by Crippen LogP contribution is -2.45. The van der Waals surface area contributed by atoms with Crippen LogP contribution in [0.1, 0.15) is 88.0 Å². The average Bonchev–Trinajstić information content (AvgIpc) is 3.09. The van der Waals surface area contributed by atoms with Crippen molar-refractivity contribution >= 4 is 34.6 Å². The highest BCUT2D eigenvalue weighted by molar-refractivity contribution is 7.81. The lowest BCUT2D eigenvalue weighted by molar-refractivity contribution is -0.128. The molecule has 10 nitrogen and oxygen atoms in total. The Hall–Kier alpha value is -2.54. The van der Waals surface area contributed by atoms with Crippen molar-refractivity contribution in [3.8, 4) is 5.75 Å². The van der Waals surface area contributed by atoms with Crippen LogP contribution >= 0.6 is 11.6 Å². The average molecular weight is 721 g/mol. The van der Waals surface area contributed by atoms with E-state index in [-0.39, 0.29) is 11.8 Å². The molecule has 4 rings (SSSR count). The van der Waals surface area contributed by atoms with Gasteiger partial charge in [-0.1, -0.05) is 43.1 Å². The number of nitrogens with zero attached hydrogens (tertiary/aromatic N) is 2. The largest absolute Gasteiger partial charge is 0.493 e. The first-order valence-electron chi connectivity index (χ1n) is 17.6. The molecule has 2 aromatic rings. The summed E-state index contributed by atoms with van der Waals surface area (Å²) in [4.78, 5) is 26.6. The van der Waals surface area contributed by atoms with Crippen LogP contribution in [0.2, 0.25) is 5.02 Å². The van der Waals surface area contributed by atoms with E-state index in [4.69, 9.17) is 21.1 Å². The topological polar surface area (TPSA) is 120 Å². The van der Waals surface area contributed by atoms with Crippen molar-refractivity contribution < 1.29 is 28.4 Å². The Kier molecular flexibility index (Phi) is 17.5. The number of aliphatic hydroxyl groups excluding tert-OH is 1. The Morgan fingerprint density at radius 3 is 2.39 bits per heavy atom. The molecule has 0 spiro atoms. The zero-order valence-electron chi connectivity index (χ0n) is 30.1. The molecule has 3 N–H and O–H groups in total. The Balaban J connectivity index is 0.000000838. The normalized spacial score (nSPS) is 20.6. The minimum absolute atomic E-state index is 0.127. The van der Waals surface area contributed by atoms with E-state index in [1.165, 1.54) is 50.3 Å². The van der Waals surface area contributed by atoms with Crippen LogP contribution in [0.25, 0.3) is 0 Å². The van der Waals surface area contributed by atoms with Crippen molar-refractivity contribution in [3.63, 3.8) is 0 Å². The van der Waals surface area contributed by atoms with Gasteiger partial charge in [0.2, 0.25) is 5.91 Å². The number of carbonyl (C=O) groups excluding carboxylic acids is 2. The standard InChI is InChI=1S/C32H46ClN3O5S.C5H11NO/c1-4-7-23-18-26(33)12-16-28(23)25(20-36(3)19-24-11-15-29(24)30-8-5-6-17-40-30)21-41-27-13-9-22(10-14-27)31(37)32(38)35-42(39)34-2;1-4-6(3)5(2)7/h9-10,12-14,16,18,24-25,29-31,34,37H,4-8,11,15,17,19-21H2,1-3H3,(H,35,38);4H2,1-3H3. The van der Waals surface area contributed by atoms with Crippen molar-refractivity contribution in [3.05, 3.63) is 64.2 Å². The summed E-state index contributed by atoms with van der Waals surface area (Å²) in [6.07, 6.45) is 7.18. The number of nitrogens with one attached hydrogen (secondary N) is 2. The molecule has 0 aromatic heterocycles. The van der Waals surface area contributed by atoms with E-state index in [0.29, 0.717) is 35.9 Å². The molecular weight excluding hydrogens is 664 g/mol. The number of rotatable bonds is 16. The molecule has 6 unspecified atom stereocenters. The fraction of sp³-hybridized carbons (Fsp3) is 0.622. The Morgan fingerprint density at radius 2 is 1.84 bits per heavy atom. The minimum Gasteiger partial charge on any atom is -0.493 e. The number of benzene rings is 2. The molecule has 6 atom stereocenters. The quantitative estimate of drug-likeness (QED) is 0.212. The van der Waals surface area contributed by atoms with Crippen LogP contribution < -0.4 is 14.2 Å². The highest BCUT2D eigenvalue weighted by atomic mass is 35.5. The van der Waals surface area contributed by atoms with Gasteiger partial charge in [-0.05, 0) is 112 Å². The number of ether oxygens (including phenoxy) is 2. The van der Waals surface area contributed by atoms with Gasteiger partial charge in [-0.25, -0.2) is 8.93 Å². The molecule has 1 aliphatic carbocycles. The molecule has 2 aliphatic rings. The fourth-order valence-corrected chi connectivity index (χ4v) is 7.07. The van der Waals surface area contributed by atoms with Crippen LogP contribution in [0.3, 0.4) is 0 Å². The van der Waals surface area contributed by atoms with Crippen LogP contribution in [0.5, 0.6) is 5.75 Å². The Morgan fingerprint density at radius 1 is 1.10 bits per heavy atom. The van der Waals surface area contributed by atoms with E-state index in [0.717, 1.165) is 44.1 Å². The van der Waals surface area contributed by atoms with Gasteiger partial charge in [0.25, 0.3) is 5.91 Å². The van der Waals surface area contributed by atoms with E-state index in [9.17, 15) is 18.9 Å². The van der Waals surface area contributed by atoms with Gasteiger partial charge in [-0.15, -0.1) is 0 Å². The first-order valence-corrected chi connectivity index (χ1v) is 19.1.